The Morgan fingerprint density at radius 2 is 0.596 bits per heavy atom. The third-order valence-corrected chi connectivity index (χ3v) is 14.8. The molecule has 0 heterocycles. The van der Waals surface area contributed by atoms with Crippen molar-refractivity contribution in [2.24, 2.45) is 0 Å². The van der Waals surface area contributed by atoms with Crippen LogP contribution in [0.15, 0.2) is 259 Å². The van der Waals surface area contributed by atoms with Gasteiger partial charge in [-0.15, -0.1) is 0 Å². The van der Waals surface area contributed by atoms with Crippen LogP contribution in [0.3, 0.4) is 0 Å². The number of benzene rings is 12. The maximum atomic E-state index is 13.2. The summed E-state index contributed by atoms with van der Waals surface area (Å²) >= 11 is 9.18. The summed E-state index contributed by atoms with van der Waals surface area (Å²) in [7, 11) is 0. The topological polar surface area (TPSA) is 183 Å². The lowest BCUT2D eigenvalue weighted by Gasteiger charge is -1.96. The standard InChI is InChI=1S/C16H10FNO.2C16H10FN.C15H7BrFN.C15H7ClFN.C15H8FNO/c17-16-8-13(7-15(9-16)10-18)5-4-12-2-1-3-14(6-12)11-19;1-12-2-4-13(5-3-12)6-7-14-8-15(11-18)10-16(17)9-14;1-12-4-2-3-5-15(12)7-6-13-8-14(11-18)10-16(17)9-13;2*16-14-3-1-2-11(7-14)4-5-12-6-13(10-18)9-15(17)8-12;16-14-7-12(6-13(8-14)10-17)5-4-11-2-1-3-15(18)9-11/h1-3,6-9,19H,11H2;2*2-5,8-10H,1H3;2*1-3,6-9H;1-3,6-9,18H. The molecule has 2 N–H and O–H groups in total. The van der Waals surface area contributed by atoms with E-state index in [1.807, 2.05) is 129 Å². The largest absolute Gasteiger partial charge is 0.508 e. The lowest BCUT2D eigenvalue weighted by Crippen LogP contribution is -1.85. The van der Waals surface area contributed by atoms with Crippen molar-refractivity contribution in [2.75, 3.05) is 0 Å². The molecule has 522 valence electrons. The highest BCUT2D eigenvalue weighted by Crippen LogP contribution is 2.18. The molecule has 0 saturated carbocycles. The molecule has 0 aliphatic heterocycles. The molecule has 0 unspecified atom stereocenters. The molecular formula is C93H52BrClF6N6O2. The van der Waals surface area contributed by atoms with Crippen LogP contribution in [0.2, 0.25) is 5.02 Å². The van der Waals surface area contributed by atoms with Crippen LogP contribution in [0.1, 0.15) is 117 Å². The number of aliphatic hydroxyl groups is 1. The van der Waals surface area contributed by atoms with Gasteiger partial charge in [0.2, 0.25) is 0 Å². The monoisotopic (exact) mass is 1510 g/mol. The number of hydrogen-bond acceptors (Lipinski definition) is 8. The van der Waals surface area contributed by atoms with Crippen molar-refractivity contribution >= 4 is 27.5 Å². The summed E-state index contributed by atoms with van der Waals surface area (Å²) < 4.78 is 80.0. The number of hydrogen-bond donors (Lipinski definition) is 2. The summed E-state index contributed by atoms with van der Waals surface area (Å²) in [6, 6.07) is 79.2. The van der Waals surface area contributed by atoms with Crippen LogP contribution >= 0.6 is 27.5 Å². The molecule has 0 aromatic heterocycles. The zero-order valence-corrected chi connectivity index (χ0v) is 59.9. The van der Waals surface area contributed by atoms with Crippen molar-refractivity contribution in [3.8, 4) is 113 Å². The van der Waals surface area contributed by atoms with Crippen LogP contribution < -0.4 is 0 Å². The predicted octanol–water partition coefficient (Wildman–Crippen LogP) is 19.8. The Balaban J connectivity index is 0.000000182. The number of aliphatic hydroxyl groups excluding tert-OH is 1. The number of halogens is 8. The predicted molar refractivity (Wildman–Crippen MR) is 411 cm³/mol. The Morgan fingerprint density at radius 1 is 0.294 bits per heavy atom. The average Bonchev–Trinajstić information content (AvgIpc) is 0.907. The van der Waals surface area contributed by atoms with Crippen molar-refractivity contribution in [1.82, 2.24) is 0 Å². The van der Waals surface area contributed by atoms with Gasteiger partial charge in [0.05, 0.1) is 76.4 Å². The molecule has 0 atom stereocenters. The molecule has 0 aliphatic rings. The van der Waals surface area contributed by atoms with Gasteiger partial charge in [-0.1, -0.05) is 165 Å². The first-order valence-corrected chi connectivity index (χ1v) is 33.2. The van der Waals surface area contributed by atoms with E-state index < -0.39 is 34.9 Å². The number of rotatable bonds is 1. The molecule has 12 aromatic rings. The number of nitriles is 6. The van der Waals surface area contributed by atoms with Gasteiger partial charge in [0.15, 0.2) is 0 Å². The molecule has 12 aromatic carbocycles. The van der Waals surface area contributed by atoms with Crippen LogP contribution in [0, 0.1) is 188 Å². The molecule has 12 rings (SSSR count). The van der Waals surface area contributed by atoms with E-state index >= 15 is 0 Å². The Hall–Kier alpha value is -15.0. The summed E-state index contributed by atoms with van der Waals surface area (Å²) in [6.45, 7) is 3.92. The van der Waals surface area contributed by atoms with Crippen molar-refractivity contribution in [3.63, 3.8) is 0 Å². The third kappa shape index (κ3) is 29.4. The summed E-state index contributed by atoms with van der Waals surface area (Å²) in [5.74, 6) is 31.7. The molecule has 0 bridgehead atoms. The van der Waals surface area contributed by atoms with E-state index in [-0.39, 0.29) is 45.7 Å². The zero-order valence-electron chi connectivity index (χ0n) is 57.6. The number of aromatic hydroxyl groups is 1. The lowest BCUT2D eigenvalue weighted by atomic mass is 10.1. The second-order valence-electron chi connectivity index (χ2n) is 22.7. The number of nitrogens with zero attached hydrogens (tertiary/aromatic N) is 6. The number of phenols is 1. The second-order valence-corrected chi connectivity index (χ2v) is 24.0. The van der Waals surface area contributed by atoms with Gasteiger partial charge in [-0.05, 0) is 219 Å². The first kappa shape index (κ1) is 81.3. The van der Waals surface area contributed by atoms with Gasteiger partial charge >= 0.3 is 0 Å². The summed E-state index contributed by atoms with van der Waals surface area (Å²) in [5.41, 5.74) is 12.1. The summed E-state index contributed by atoms with van der Waals surface area (Å²) in [4.78, 5) is 0. The van der Waals surface area contributed by atoms with E-state index in [1.54, 1.807) is 84.9 Å². The highest BCUT2D eigenvalue weighted by Gasteiger charge is 2.05. The maximum Gasteiger partial charge on any atom is 0.125 e. The smallest absolute Gasteiger partial charge is 0.125 e. The second kappa shape index (κ2) is 42.6. The van der Waals surface area contributed by atoms with Crippen molar-refractivity contribution < 1.29 is 36.6 Å². The van der Waals surface area contributed by atoms with E-state index in [1.165, 1.54) is 78.9 Å². The fourth-order valence-corrected chi connectivity index (χ4v) is 9.62. The van der Waals surface area contributed by atoms with Crippen LogP contribution in [0.25, 0.3) is 0 Å². The van der Waals surface area contributed by atoms with Crippen LogP contribution in [-0.2, 0) is 6.61 Å². The normalized spacial score (nSPS) is 9.18. The Morgan fingerprint density at radius 3 is 0.945 bits per heavy atom. The minimum absolute atomic E-state index is 0.0476. The fourth-order valence-electron chi connectivity index (χ4n) is 9.03. The van der Waals surface area contributed by atoms with Crippen molar-refractivity contribution in [1.29, 1.82) is 31.6 Å². The molecule has 0 spiro atoms. The molecule has 0 aliphatic carbocycles. The SMILES string of the molecule is Cc1ccc(C#Cc2cc(F)cc(C#N)c2)cc1.Cc1ccccc1C#Cc1cc(F)cc(C#N)c1.N#Cc1cc(F)cc(C#Cc2cccc(Br)c2)c1.N#Cc1cc(F)cc(C#Cc2cccc(CO)c2)c1.N#Cc1cc(F)cc(C#Cc2cccc(Cl)c2)c1.N#Cc1cc(F)cc(C#Cc2cccc(O)c2)c1. The number of aryl methyl sites for hydroxylation is 2. The highest BCUT2D eigenvalue weighted by atomic mass is 79.9. The summed E-state index contributed by atoms with van der Waals surface area (Å²) in [6.07, 6.45) is 0. The highest BCUT2D eigenvalue weighted by molar-refractivity contribution is 9.10. The van der Waals surface area contributed by atoms with Gasteiger partial charge in [-0.2, -0.15) is 31.6 Å². The van der Waals surface area contributed by atoms with Gasteiger partial charge in [-0.25, -0.2) is 26.3 Å². The molecule has 0 amide bonds. The fraction of sp³-hybridized carbons (Fsp3) is 0.0323. The Labute approximate surface area is 641 Å². The molecule has 0 saturated heterocycles. The summed E-state index contributed by atoms with van der Waals surface area (Å²) in [5, 5.41) is 71.3. The van der Waals surface area contributed by atoms with Crippen molar-refractivity contribution in [3.05, 3.63) is 416 Å². The van der Waals surface area contributed by atoms with E-state index in [0.717, 1.165) is 61.1 Å². The maximum absolute atomic E-state index is 13.2. The number of phenolic OH excluding ortho intramolecular Hbond substituents is 1. The van der Waals surface area contributed by atoms with E-state index in [0.29, 0.717) is 44.0 Å². The molecule has 0 fully saturated rings. The third-order valence-electron chi connectivity index (χ3n) is 14.1. The van der Waals surface area contributed by atoms with E-state index in [2.05, 4.69) is 87.0 Å². The van der Waals surface area contributed by atoms with Crippen LogP contribution in [0.5, 0.6) is 5.75 Å². The van der Waals surface area contributed by atoms with E-state index in [4.69, 9.17) is 48.3 Å². The molecule has 16 heteroatoms. The van der Waals surface area contributed by atoms with Crippen molar-refractivity contribution in [2.45, 2.75) is 20.5 Å². The molecule has 8 nitrogen and oxygen atoms in total. The molecule has 109 heavy (non-hydrogen) atoms. The first-order valence-electron chi connectivity index (χ1n) is 32.1. The average molecular weight is 1510 g/mol. The minimum Gasteiger partial charge on any atom is -0.508 e. The van der Waals surface area contributed by atoms with Crippen LogP contribution in [-0.4, -0.2) is 10.2 Å². The quantitative estimate of drug-likeness (QED) is 0.120. The van der Waals surface area contributed by atoms with Crippen LogP contribution in [0.4, 0.5) is 26.3 Å². The van der Waals surface area contributed by atoms with Gasteiger partial charge in [0, 0.05) is 76.3 Å². The Bertz CT molecular complexity index is 5750. The minimum atomic E-state index is -0.491. The van der Waals surface area contributed by atoms with Gasteiger partial charge in [0.1, 0.15) is 40.7 Å². The van der Waals surface area contributed by atoms with E-state index in [9.17, 15) is 31.4 Å². The Kier molecular flexibility index (Phi) is 31.8. The van der Waals surface area contributed by atoms with Gasteiger partial charge in [-0.3, -0.25) is 0 Å². The zero-order chi connectivity index (χ0) is 78.5. The van der Waals surface area contributed by atoms with Gasteiger partial charge < -0.3 is 10.2 Å². The van der Waals surface area contributed by atoms with Gasteiger partial charge in [0.25, 0.3) is 0 Å². The molecule has 0 radical (unpaired) electrons. The molecular weight excluding hydrogens is 1460 g/mol. The lowest BCUT2D eigenvalue weighted by molar-refractivity contribution is 0.282. The first-order chi connectivity index (χ1) is 52.6.